The molecule has 0 saturated heterocycles. The van der Waals surface area contributed by atoms with Crippen LogP contribution < -0.4 is 11.2 Å². The smallest absolute Gasteiger partial charge is 0.338 e. The SMILES string of the molecule is COC[C@@H](OCCOC(=O)c1ccccc1)n1ccc(=O)[nH]c1=O. The van der Waals surface area contributed by atoms with Crippen molar-refractivity contribution in [1.82, 2.24) is 9.55 Å². The Morgan fingerprint density at radius 1 is 1.17 bits per heavy atom. The third-order valence-electron chi connectivity index (χ3n) is 3.11. The molecular weight excluding hydrogens is 316 g/mol. The summed E-state index contributed by atoms with van der Waals surface area (Å²) >= 11 is 0. The Bertz CT molecular complexity index is 768. The standard InChI is InChI=1S/C16H18N2O6/c1-22-11-14(18-8-7-13(19)17-16(18)21)23-9-10-24-15(20)12-5-3-2-4-6-12/h2-8,14H,9-11H2,1H3,(H,17,19,21)/t14-/m1/s1. The maximum Gasteiger partial charge on any atom is 0.338 e. The minimum Gasteiger partial charge on any atom is -0.460 e. The molecule has 0 radical (unpaired) electrons. The molecule has 2 rings (SSSR count). The van der Waals surface area contributed by atoms with Gasteiger partial charge in [-0.3, -0.25) is 14.3 Å². The zero-order chi connectivity index (χ0) is 17.4. The molecule has 1 atom stereocenters. The molecular formula is C16H18N2O6. The summed E-state index contributed by atoms with van der Waals surface area (Å²) in [6.45, 7) is 0.183. The van der Waals surface area contributed by atoms with E-state index in [9.17, 15) is 14.4 Å². The third-order valence-corrected chi connectivity index (χ3v) is 3.11. The lowest BCUT2D eigenvalue weighted by molar-refractivity contribution is -0.0621. The maximum absolute atomic E-state index is 11.8. The molecule has 2 aromatic rings. The molecule has 0 amide bonds. The van der Waals surface area contributed by atoms with Crippen LogP contribution in [0.3, 0.4) is 0 Å². The molecule has 1 aromatic carbocycles. The van der Waals surface area contributed by atoms with Gasteiger partial charge in [-0.15, -0.1) is 0 Å². The summed E-state index contributed by atoms with van der Waals surface area (Å²) < 4.78 is 16.8. The summed E-state index contributed by atoms with van der Waals surface area (Å²) in [5.41, 5.74) is -0.655. The van der Waals surface area contributed by atoms with Crippen LogP contribution in [0.5, 0.6) is 0 Å². The molecule has 0 spiro atoms. The zero-order valence-electron chi connectivity index (χ0n) is 13.1. The first kappa shape index (κ1) is 17.6. The molecule has 0 aliphatic carbocycles. The van der Waals surface area contributed by atoms with Gasteiger partial charge in [0.05, 0.1) is 18.8 Å². The highest BCUT2D eigenvalue weighted by atomic mass is 16.6. The number of methoxy groups -OCH3 is 1. The number of hydrogen-bond acceptors (Lipinski definition) is 6. The Kier molecular flexibility index (Phi) is 6.47. The van der Waals surface area contributed by atoms with Gasteiger partial charge in [-0.1, -0.05) is 18.2 Å². The van der Waals surface area contributed by atoms with Crippen LogP contribution >= 0.6 is 0 Å². The van der Waals surface area contributed by atoms with E-state index in [1.807, 2.05) is 0 Å². The molecule has 0 bridgehead atoms. The molecule has 8 heteroatoms. The summed E-state index contributed by atoms with van der Waals surface area (Å²) in [5, 5.41) is 0. The largest absolute Gasteiger partial charge is 0.460 e. The van der Waals surface area contributed by atoms with Crippen molar-refractivity contribution in [2.24, 2.45) is 0 Å². The zero-order valence-corrected chi connectivity index (χ0v) is 13.1. The number of nitrogens with one attached hydrogen (secondary N) is 1. The van der Waals surface area contributed by atoms with Crippen LogP contribution in [0.1, 0.15) is 16.6 Å². The van der Waals surface area contributed by atoms with Crippen molar-refractivity contribution < 1.29 is 19.0 Å². The van der Waals surface area contributed by atoms with E-state index >= 15 is 0 Å². The minimum atomic E-state index is -0.741. The molecule has 1 aromatic heterocycles. The molecule has 0 saturated carbocycles. The fourth-order valence-corrected chi connectivity index (χ4v) is 1.98. The van der Waals surface area contributed by atoms with Gasteiger partial charge in [-0.25, -0.2) is 9.59 Å². The summed E-state index contributed by atoms with van der Waals surface area (Å²) in [4.78, 5) is 36.8. The number of ether oxygens (including phenoxy) is 3. The van der Waals surface area contributed by atoms with E-state index in [-0.39, 0.29) is 19.8 Å². The molecule has 24 heavy (non-hydrogen) atoms. The number of benzene rings is 1. The van der Waals surface area contributed by atoms with Crippen molar-refractivity contribution in [1.29, 1.82) is 0 Å². The minimum absolute atomic E-state index is 0.0199. The molecule has 0 fully saturated rings. The van der Waals surface area contributed by atoms with E-state index in [0.717, 1.165) is 0 Å². The van der Waals surface area contributed by atoms with Crippen molar-refractivity contribution in [3.05, 3.63) is 69.0 Å². The van der Waals surface area contributed by atoms with Crippen molar-refractivity contribution in [3.63, 3.8) is 0 Å². The number of aromatic nitrogens is 2. The summed E-state index contributed by atoms with van der Waals surface area (Å²) in [6, 6.07) is 9.79. The van der Waals surface area contributed by atoms with Gasteiger partial charge in [0.25, 0.3) is 5.56 Å². The fraction of sp³-hybridized carbons (Fsp3) is 0.312. The number of nitrogens with zero attached hydrogens (tertiary/aromatic N) is 1. The number of esters is 1. The monoisotopic (exact) mass is 334 g/mol. The Morgan fingerprint density at radius 3 is 2.58 bits per heavy atom. The predicted molar refractivity (Wildman–Crippen MR) is 84.9 cm³/mol. The van der Waals surface area contributed by atoms with E-state index in [1.165, 1.54) is 23.9 Å². The lowest BCUT2D eigenvalue weighted by atomic mass is 10.2. The van der Waals surface area contributed by atoms with Gasteiger partial charge in [0.1, 0.15) is 6.61 Å². The Hall–Kier alpha value is -2.71. The predicted octanol–water partition coefficient (Wildman–Crippen LogP) is 0.555. The first-order valence-electron chi connectivity index (χ1n) is 7.26. The Morgan fingerprint density at radius 2 is 1.92 bits per heavy atom. The van der Waals surface area contributed by atoms with E-state index in [0.29, 0.717) is 5.56 Å². The van der Waals surface area contributed by atoms with Crippen LogP contribution in [0.25, 0.3) is 0 Å². The lowest BCUT2D eigenvalue weighted by Gasteiger charge is -2.19. The first-order valence-corrected chi connectivity index (χ1v) is 7.26. The number of carbonyl (C=O) groups excluding carboxylic acids is 1. The van der Waals surface area contributed by atoms with Gasteiger partial charge < -0.3 is 14.2 Å². The van der Waals surface area contributed by atoms with Crippen LogP contribution in [0.2, 0.25) is 0 Å². The molecule has 8 nitrogen and oxygen atoms in total. The van der Waals surface area contributed by atoms with Gasteiger partial charge in [0, 0.05) is 19.4 Å². The molecule has 0 aliphatic rings. The van der Waals surface area contributed by atoms with E-state index in [4.69, 9.17) is 14.2 Å². The van der Waals surface area contributed by atoms with E-state index < -0.39 is 23.4 Å². The number of carbonyl (C=O) groups is 1. The van der Waals surface area contributed by atoms with Crippen LogP contribution in [-0.4, -0.2) is 42.5 Å². The van der Waals surface area contributed by atoms with Crippen LogP contribution in [0.4, 0.5) is 0 Å². The van der Waals surface area contributed by atoms with Gasteiger partial charge in [0.2, 0.25) is 0 Å². The average molecular weight is 334 g/mol. The Labute approximate surface area is 137 Å². The van der Waals surface area contributed by atoms with Gasteiger partial charge in [0.15, 0.2) is 6.23 Å². The topological polar surface area (TPSA) is 99.6 Å². The van der Waals surface area contributed by atoms with Gasteiger partial charge >= 0.3 is 11.7 Å². The second-order valence-electron chi connectivity index (χ2n) is 4.80. The van der Waals surface area contributed by atoms with E-state index in [1.54, 1.807) is 30.3 Å². The fourth-order valence-electron chi connectivity index (χ4n) is 1.98. The second kappa shape index (κ2) is 8.80. The number of rotatable bonds is 8. The summed E-state index contributed by atoms with van der Waals surface area (Å²) in [7, 11) is 1.46. The number of H-pyrrole nitrogens is 1. The quantitative estimate of drug-likeness (QED) is 0.559. The van der Waals surface area contributed by atoms with Crippen molar-refractivity contribution in [3.8, 4) is 0 Å². The molecule has 1 heterocycles. The van der Waals surface area contributed by atoms with Crippen LogP contribution in [-0.2, 0) is 14.2 Å². The normalized spacial score (nSPS) is 11.9. The second-order valence-corrected chi connectivity index (χ2v) is 4.80. The maximum atomic E-state index is 11.8. The van der Waals surface area contributed by atoms with Crippen molar-refractivity contribution in [2.45, 2.75) is 6.23 Å². The summed E-state index contributed by atoms with van der Waals surface area (Å²) in [6.07, 6.45) is 0.579. The molecule has 1 N–H and O–H groups in total. The molecule has 0 unspecified atom stereocenters. The first-order chi connectivity index (χ1) is 11.6. The number of hydrogen-bond donors (Lipinski definition) is 1. The molecule has 128 valence electrons. The Balaban J connectivity index is 1.89. The highest BCUT2D eigenvalue weighted by molar-refractivity contribution is 5.89. The highest BCUT2D eigenvalue weighted by Crippen LogP contribution is 2.06. The molecule has 0 aliphatic heterocycles. The van der Waals surface area contributed by atoms with Gasteiger partial charge in [-0.2, -0.15) is 0 Å². The van der Waals surface area contributed by atoms with Gasteiger partial charge in [-0.05, 0) is 12.1 Å². The average Bonchev–Trinajstić information content (AvgIpc) is 2.58. The summed E-state index contributed by atoms with van der Waals surface area (Å²) in [5.74, 6) is -0.455. The highest BCUT2D eigenvalue weighted by Gasteiger charge is 2.14. The van der Waals surface area contributed by atoms with E-state index in [2.05, 4.69) is 4.98 Å². The van der Waals surface area contributed by atoms with Crippen LogP contribution in [0.15, 0.2) is 52.2 Å². The van der Waals surface area contributed by atoms with Crippen molar-refractivity contribution >= 4 is 5.97 Å². The third kappa shape index (κ3) is 4.90. The lowest BCUT2D eigenvalue weighted by Crippen LogP contribution is -2.34. The van der Waals surface area contributed by atoms with Crippen molar-refractivity contribution in [2.75, 3.05) is 26.9 Å². The van der Waals surface area contributed by atoms with Crippen LogP contribution in [0, 0.1) is 0 Å². The number of aromatic amines is 1.